The van der Waals surface area contributed by atoms with Crippen LogP contribution in [0, 0.1) is 17.8 Å². The van der Waals surface area contributed by atoms with Gasteiger partial charge in [0.1, 0.15) is 19.0 Å². The summed E-state index contributed by atoms with van der Waals surface area (Å²) in [6.45, 7) is 7.41. The number of likely N-dealkylation sites (tertiary alicyclic amines) is 1. The first-order valence-corrected chi connectivity index (χ1v) is 7.75. The van der Waals surface area contributed by atoms with Crippen LogP contribution >= 0.6 is 0 Å². The lowest BCUT2D eigenvalue weighted by atomic mass is 9.95. The highest BCUT2D eigenvalue weighted by Gasteiger charge is 2.22. The fourth-order valence-corrected chi connectivity index (χ4v) is 2.75. The molecule has 1 fully saturated rings. The predicted molar refractivity (Wildman–Crippen MR) is 85.3 cm³/mol. The summed E-state index contributed by atoms with van der Waals surface area (Å²) < 4.78 is 5.81. The van der Waals surface area contributed by atoms with Gasteiger partial charge in [-0.1, -0.05) is 18.8 Å². The minimum Gasteiger partial charge on any atom is -0.492 e. The smallest absolute Gasteiger partial charge is 0.119 e. The van der Waals surface area contributed by atoms with Crippen molar-refractivity contribution in [3.63, 3.8) is 0 Å². The van der Waals surface area contributed by atoms with Crippen LogP contribution in [0.4, 0.5) is 0 Å². The van der Waals surface area contributed by atoms with Gasteiger partial charge in [-0.05, 0) is 49.9 Å². The van der Waals surface area contributed by atoms with Gasteiger partial charge in [0.2, 0.25) is 0 Å². The van der Waals surface area contributed by atoms with Gasteiger partial charge in [0, 0.05) is 24.7 Å². The lowest BCUT2D eigenvalue weighted by Gasteiger charge is -2.36. The quantitative estimate of drug-likeness (QED) is 0.864. The van der Waals surface area contributed by atoms with Crippen molar-refractivity contribution >= 4 is 0 Å². The van der Waals surface area contributed by atoms with E-state index in [0.29, 0.717) is 6.04 Å². The van der Waals surface area contributed by atoms with E-state index in [-0.39, 0.29) is 6.61 Å². The van der Waals surface area contributed by atoms with Gasteiger partial charge < -0.3 is 9.84 Å². The average Bonchev–Trinajstić information content (AvgIpc) is 2.50. The highest BCUT2D eigenvalue weighted by molar-refractivity contribution is 5.38. The summed E-state index contributed by atoms with van der Waals surface area (Å²) in [5.41, 5.74) is 0.898. The van der Waals surface area contributed by atoms with Crippen molar-refractivity contribution in [3.8, 4) is 17.6 Å². The molecule has 0 spiro atoms. The first-order chi connectivity index (χ1) is 10.2. The normalized spacial score (nSPS) is 22.4. The molecule has 1 aromatic rings. The first kappa shape index (κ1) is 15.9. The SMILES string of the molecule is CC1CCC(C)N(CCOc2ccc(C#CCO)cc2)C1. The highest BCUT2D eigenvalue weighted by atomic mass is 16.5. The number of benzene rings is 1. The molecule has 0 radical (unpaired) electrons. The summed E-state index contributed by atoms with van der Waals surface area (Å²) in [7, 11) is 0. The van der Waals surface area contributed by atoms with Crippen LogP contribution in [0.5, 0.6) is 5.75 Å². The van der Waals surface area contributed by atoms with E-state index in [9.17, 15) is 0 Å². The molecule has 1 N–H and O–H groups in total. The Kier molecular flexibility index (Phi) is 6.10. The molecule has 0 aliphatic carbocycles. The van der Waals surface area contributed by atoms with Crippen molar-refractivity contribution in [2.24, 2.45) is 5.92 Å². The third kappa shape index (κ3) is 5.08. The number of rotatable bonds is 4. The van der Waals surface area contributed by atoms with Crippen molar-refractivity contribution in [2.45, 2.75) is 32.7 Å². The zero-order valence-corrected chi connectivity index (χ0v) is 13.0. The van der Waals surface area contributed by atoms with E-state index in [0.717, 1.165) is 30.4 Å². The molecule has 2 rings (SSSR count). The molecule has 21 heavy (non-hydrogen) atoms. The first-order valence-electron chi connectivity index (χ1n) is 7.75. The van der Waals surface area contributed by atoms with Crippen molar-refractivity contribution in [1.82, 2.24) is 4.90 Å². The van der Waals surface area contributed by atoms with Crippen LogP contribution in [0.15, 0.2) is 24.3 Å². The Labute approximate surface area is 127 Å². The number of hydrogen-bond donors (Lipinski definition) is 1. The van der Waals surface area contributed by atoms with E-state index in [4.69, 9.17) is 9.84 Å². The third-order valence-electron chi connectivity index (χ3n) is 4.06. The van der Waals surface area contributed by atoms with Crippen LogP contribution < -0.4 is 4.74 Å². The average molecular weight is 287 g/mol. The van der Waals surface area contributed by atoms with E-state index in [1.54, 1.807) is 0 Å². The zero-order valence-electron chi connectivity index (χ0n) is 13.0. The van der Waals surface area contributed by atoms with E-state index in [1.807, 2.05) is 24.3 Å². The van der Waals surface area contributed by atoms with Crippen LogP contribution in [0.2, 0.25) is 0 Å². The Bertz CT molecular complexity index is 486. The number of piperidine rings is 1. The molecule has 3 heteroatoms. The molecule has 1 aliphatic rings. The van der Waals surface area contributed by atoms with Gasteiger partial charge in [0.25, 0.3) is 0 Å². The number of ether oxygens (including phenoxy) is 1. The monoisotopic (exact) mass is 287 g/mol. The van der Waals surface area contributed by atoms with Crippen molar-refractivity contribution in [3.05, 3.63) is 29.8 Å². The number of aliphatic hydroxyl groups excluding tert-OH is 1. The van der Waals surface area contributed by atoms with Crippen molar-refractivity contribution in [1.29, 1.82) is 0 Å². The van der Waals surface area contributed by atoms with Crippen molar-refractivity contribution < 1.29 is 9.84 Å². The zero-order chi connectivity index (χ0) is 15.1. The fraction of sp³-hybridized carbons (Fsp3) is 0.556. The molecular formula is C18H25NO2. The van der Waals surface area contributed by atoms with Gasteiger partial charge >= 0.3 is 0 Å². The van der Waals surface area contributed by atoms with Gasteiger partial charge in [-0.15, -0.1) is 0 Å². The largest absolute Gasteiger partial charge is 0.492 e. The van der Waals surface area contributed by atoms with Crippen LogP contribution in [0.25, 0.3) is 0 Å². The van der Waals surface area contributed by atoms with E-state index in [2.05, 4.69) is 30.6 Å². The maximum atomic E-state index is 8.66. The molecule has 1 saturated heterocycles. The molecule has 1 aromatic carbocycles. The molecule has 3 nitrogen and oxygen atoms in total. The maximum Gasteiger partial charge on any atom is 0.119 e. The molecule has 0 aromatic heterocycles. The van der Waals surface area contributed by atoms with Gasteiger partial charge in [-0.3, -0.25) is 4.90 Å². The summed E-state index contributed by atoms with van der Waals surface area (Å²) >= 11 is 0. The Balaban J connectivity index is 1.77. The second-order valence-electron chi connectivity index (χ2n) is 5.86. The Hall–Kier alpha value is -1.50. The molecule has 1 aliphatic heterocycles. The summed E-state index contributed by atoms with van der Waals surface area (Å²) in [5.74, 6) is 7.19. The summed E-state index contributed by atoms with van der Waals surface area (Å²) in [4.78, 5) is 2.52. The minimum absolute atomic E-state index is 0.106. The Morgan fingerprint density at radius 1 is 1.24 bits per heavy atom. The van der Waals surface area contributed by atoms with E-state index >= 15 is 0 Å². The van der Waals surface area contributed by atoms with Gasteiger partial charge in [0.05, 0.1) is 0 Å². The lowest BCUT2D eigenvalue weighted by molar-refractivity contribution is 0.105. The summed E-state index contributed by atoms with van der Waals surface area (Å²) in [5, 5.41) is 8.66. The van der Waals surface area contributed by atoms with E-state index < -0.39 is 0 Å². The fourth-order valence-electron chi connectivity index (χ4n) is 2.75. The Morgan fingerprint density at radius 3 is 2.71 bits per heavy atom. The number of hydrogen-bond acceptors (Lipinski definition) is 3. The van der Waals surface area contributed by atoms with Gasteiger partial charge in [-0.25, -0.2) is 0 Å². The van der Waals surface area contributed by atoms with Gasteiger partial charge in [0.15, 0.2) is 0 Å². The summed E-state index contributed by atoms with van der Waals surface area (Å²) in [6.07, 6.45) is 2.63. The number of nitrogens with zero attached hydrogens (tertiary/aromatic N) is 1. The molecule has 0 amide bonds. The Morgan fingerprint density at radius 2 is 2.00 bits per heavy atom. The van der Waals surface area contributed by atoms with Crippen LogP contribution in [-0.4, -0.2) is 42.4 Å². The number of aliphatic hydroxyl groups is 1. The summed E-state index contributed by atoms with van der Waals surface area (Å²) in [6, 6.07) is 8.38. The standard InChI is InChI=1S/C18H25NO2/c1-15-5-6-16(2)19(14-15)11-13-21-18-9-7-17(8-10-18)4-3-12-20/h7-10,15-16,20H,5-6,11-14H2,1-2H3. The highest BCUT2D eigenvalue weighted by Crippen LogP contribution is 2.21. The van der Waals surface area contributed by atoms with Crippen LogP contribution in [0.3, 0.4) is 0 Å². The third-order valence-corrected chi connectivity index (χ3v) is 4.06. The predicted octanol–water partition coefficient (Wildman–Crippen LogP) is 2.53. The molecule has 2 unspecified atom stereocenters. The van der Waals surface area contributed by atoms with Crippen molar-refractivity contribution in [2.75, 3.05) is 26.3 Å². The lowest BCUT2D eigenvalue weighted by Crippen LogP contribution is -2.43. The molecule has 2 atom stereocenters. The van der Waals surface area contributed by atoms with E-state index in [1.165, 1.54) is 19.4 Å². The second kappa shape index (κ2) is 8.07. The van der Waals surface area contributed by atoms with Crippen LogP contribution in [0.1, 0.15) is 32.3 Å². The van der Waals surface area contributed by atoms with Crippen LogP contribution in [-0.2, 0) is 0 Å². The second-order valence-corrected chi connectivity index (χ2v) is 5.86. The minimum atomic E-state index is -0.106. The molecule has 0 saturated carbocycles. The molecular weight excluding hydrogens is 262 g/mol. The molecule has 1 heterocycles. The molecule has 114 valence electrons. The van der Waals surface area contributed by atoms with Gasteiger partial charge in [-0.2, -0.15) is 0 Å². The maximum absolute atomic E-state index is 8.66. The molecule has 0 bridgehead atoms. The topological polar surface area (TPSA) is 32.7 Å².